The molecule has 0 N–H and O–H groups in total. The van der Waals surface area contributed by atoms with Gasteiger partial charge >= 0.3 is 0 Å². The van der Waals surface area contributed by atoms with Crippen molar-refractivity contribution in [2.45, 2.75) is 4.90 Å². The fraction of sp³-hybridized carbons (Fsp3) is 0.125. The van der Waals surface area contributed by atoms with Gasteiger partial charge in [-0.3, -0.25) is 4.79 Å². The van der Waals surface area contributed by atoms with Crippen LogP contribution in [0.1, 0.15) is 0 Å². The van der Waals surface area contributed by atoms with E-state index in [9.17, 15) is 4.79 Å². The third kappa shape index (κ3) is 2.95. The highest BCUT2D eigenvalue weighted by Gasteiger charge is 1.92. The number of hydrogen-bond acceptors (Lipinski definition) is 2. The molecular weight excluding hydrogens is 180 g/mol. The summed E-state index contributed by atoms with van der Waals surface area (Å²) in [5.41, 5.74) is 0. The summed E-state index contributed by atoms with van der Waals surface area (Å²) >= 11 is 7.11. The molecule has 0 atom stereocenters. The lowest BCUT2D eigenvalue weighted by Gasteiger charge is -1.95. The fourth-order valence-corrected chi connectivity index (χ4v) is 1.32. The molecule has 0 heterocycles. The Hall–Kier alpha value is -0.470. The van der Waals surface area contributed by atoms with Crippen molar-refractivity contribution in [3.8, 4) is 0 Å². The van der Waals surface area contributed by atoms with Crippen LogP contribution in [0.2, 0.25) is 5.02 Å². The molecule has 1 aromatic carbocycles. The second-order valence-corrected chi connectivity index (χ2v) is 3.37. The van der Waals surface area contributed by atoms with Gasteiger partial charge in [0.25, 0.3) is 0 Å². The number of thioether (sulfide) groups is 1. The van der Waals surface area contributed by atoms with Gasteiger partial charge in [0.05, 0.1) is 5.75 Å². The van der Waals surface area contributed by atoms with E-state index in [1.165, 1.54) is 11.8 Å². The number of rotatable bonds is 3. The van der Waals surface area contributed by atoms with Gasteiger partial charge in [-0.2, -0.15) is 0 Å². The molecular formula is C8H6ClOS. The summed E-state index contributed by atoms with van der Waals surface area (Å²) in [6.07, 6.45) is 1.81. The van der Waals surface area contributed by atoms with Gasteiger partial charge in [0, 0.05) is 9.92 Å². The largest absolute Gasteiger partial charge is 0.290 e. The molecule has 1 nitrogen and oxygen atoms in total. The summed E-state index contributed by atoms with van der Waals surface area (Å²) in [6, 6.07) is 7.36. The molecule has 0 aliphatic carbocycles. The standard InChI is InChI=1S/C8H6ClOS/c9-7-1-3-8(4-2-7)11-6-5-10/h1-4H,6H2. The van der Waals surface area contributed by atoms with Crippen LogP contribution in [0.4, 0.5) is 0 Å². The van der Waals surface area contributed by atoms with E-state index in [4.69, 9.17) is 11.6 Å². The number of carbonyl (C=O) groups excluding carboxylic acids is 1. The van der Waals surface area contributed by atoms with Crippen LogP contribution in [-0.4, -0.2) is 12.0 Å². The van der Waals surface area contributed by atoms with Gasteiger partial charge in [-0.25, -0.2) is 0 Å². The maximum absolute atomic E-state index is 9.87. The van der Waals surface area contributed by atoms with Gasteiger partial charge in [-0.1, -0.05) is 11.6 Å². The molecule has 11 heavy (non-hydrogen) atoms. The monoisotopic (exact) mass is 185 g/mol. The highest BCUT2D eigenvalue weighted by Crippen LogP contribution is 2.18. The molecule has 1 aromatic rings. The first-order chi connectivity index (χ1) is 5.33. The highest BCUT2D eigenvalue weighted by atomic mass is 35.5. The summed E-state index contributed by atoms with van der Waals surface area (Å²) in [7, 11) is 0. The van der Waals surface area contributed by atoms with Crippen molar-refractivity contribution in [3.63, 3.8) is 0 Å². The topological polar surface area (TPSA) is 17.1 Å². The van der Waals surface area contributed by atoms with Gasteiger partial charge in [0.15, 0.2) is 0 Å². The molecule has 0 amide bonds. The molecule has 1 rings (SSSR count). The number of halogens is 1. The fourth-order valence-electron chi connectivity index (χ4n) is 0.644. The van der Waals surface area contributed by atoms with Crippen molar-refractivity contribution in [2.24, 2.45) is 0 Å². The Morgan fingerprint density at radius 2 is 2.00 bits per heavy atom. The molecule has 0 aliphatic rings. The van der Waals surface area contributed by atoms with Crippen molar-refractivity contribution >= 4 is 29.6 Å². The quantitative estimate of drug-likeness (QED) is 0.674. The predicted molar refractivity (Wildman–Crippen MR) is 47.9 cm³/mol. The lowest BCUT2D eigenvalue weighted by Crippen LogP contribution is -1.77. The van der Waals surface area contributed by atoms with Gasteiger partial charge in [0.1, 0.15) is 0 Å². The second kappa shape index (κ2) is 4.42. The summed E-state index contributed by atoms with van der Waals surface area (Å²) in [4.78, 5) is 10.9. The predicted octanol–water partition coefficient (Wildman–Crippen LogP) is 2.54. The molecule has 0 bridgehead atoms. The normalized spacial score (nSPS) is 9.55. The van der Waals surface area contributed by atoms with E-state index in [1.807, 2.05) is 18.4 Å². The SMILES string of the molecule is O=[C]CSc1ccc(Cl)cc1. The van der Waals surface area contributed by atoms with E-state index in [0.717, 1.165) is 4.90 Å². The van der Waals surface area contributed by atoms with Gasteiger partial charge in [-0.05, 0) is 24.3 Å². The third-order valence-electron chi connectivity index (χ3n) is 1.11. The van der Waals surface area contributed by atoms with Crippen LogP contribution in [0.25, 0.3) is 0 Å². The Morgan fingerprint density at radius 3 is 2.55 bits per heavy atom. The molecule has 0 fully saturated rings. The maximum Gasteiger partial charge on any atom is 0.209 e. The lowest BCUT2D eigenvalue weighted by atomic mass is 10.4. The van der Waals surface area contributed by atoms with Gasteiger partial charge < -0.3 is 0 Å². The first-order valence-electron chi connectivity index (χ1n) is 3.06. The molecule has 1 radical (unpaired) electrons. The highest BCUT2D eigenvalue weighted by molar-refractivity contribution is 7.99. The Bertz CT molecular complexity index is 232. The lowest BCUT2D eigenvalue weighted by molar-refractivity contribution is 0.560. The average Bonchev–Trinajstić information content (AvgIpc) is 2.04. The minimum absolute atomic E-state index is 0.377. The smallest absolute Gasteiger partial charge is 0.209 e. The van der Waals surface area contributed by atoms with Crippen LogP contribution in [0, 0.1) is 0 Å². The summed E-state index contributed by atoms with van der Waals surface area (Å²) in [5, 5.41) is 0.712. The van der Waals surface area contributed by atoms with Crippen LogP contribution in [0.5, 0.6) is 0 Å². The summed E-state index contributed by atoms with van der Waals surface area (Å²) in [5.74, 6) is 0.377. The minimum Gasteiger partial charge on any atom is -0.290 e. The van der Waals surface area contributed by atoms with Crippen molar-refractivity contribution in [1.29, 1.82) is 0 Å². The molecule has 0 aromatic heterocycles. The Labute approximate surface area is 74.7 Å². The van der Waals surface area contributed by atoms with Crippen LogP contribution >= 0.6 is 23.4 Å². The van der Waals surface area contributed by atoms with Crippen molar-refractivity contribution in [1.82, 2.24) is 0 Å². The number of hydrogen-bond donors (Lipinski definition) is 0. The van der Waals surface area contributed by atoms with E-state index in [1.54, 1.807) is 12.1 Å². The molecule has 57 valence electrons. The van der Waals surface area contributed by atoms with Crippen LogP contribution in [-0.2, 0) is 4.79 Å². The van der Waals surface area contributed by atoms with Crippen molar-refractivity contribution in [3.05, 3.63) is 29.3 Å². The zero-order chi connectivity index (χ0) is 8.10. The Morgan fingerprint density at radius 1 is 1.36 bits per heavy atom. The molecule has 0 unspecified atom stereocenters. The maximum atomic E-state index is 9.87. The average molecular weight is 186 g/mol. The molecule has 0 aliphatic heterocycles. The Balaban J connectivity index is 2.58. The van der Waals surface area contributed by atoms with E-state index in [2.05, 4.69) is 0 Å². The summed E-state index contributed by atoms with van der Waals surface area (Å²) in [6.45, 7) is 0. The number of benzene rings is 1. The molecule has 0 saturated heterocycles. The zero-order valence-electron chi connectivity index (χ0n) is 5.71. The molecule has 0 saturated carbocycles. The van der Waals surface area contributed by atoms with Gasteiger partial charge in [-0.15, -0.1) is 11.8 Å². The molecule has 0 spiro atoms. The van der Waals surface area contributed by atoms with Crippen molar-refractivity contribution in [2.75, 3.05) is 5.75 Å². The zero-order valence-corrected chi connectivity index (χ0v) is 7.28. The molecule has 3 heteroatoms. The van der Waals surface area contributed by atoms with E-state index in [-0.39, 0.29) is 0 Å². The van der Waals surface area contributed by atoms with Crippen LogP contribution in [0.15, 0.2) is 29.2 Å². The van der Waals surface area contributed by atoms with Crippen LogP contribution in [0.3, 0.4) is 0 Å². The summed E-state index contributed by atoms with van der Waals surface area (Å²) < 4.78 is 0. The van der Waals surface area contributed by atoms with Crippen LogP contribution < -0.4 is 0 Å². The first-order valence-corrected chi connectivity index (χ1v) is 4.42. The van der Waals surface area contributed by atoms with Gasteiger partial charge in [0.2, 0.25) is 6.29 Å². The van der Waals surface area contributed by atoms with E-state index >= 15 is 0 Å². The van der Waals surface area contributed by atoms with E-state index in [0.29, 0.717) is 10.8 Å². The third-order valence-corrected chi connectivity index (χ3v) is 2.23. The first kappa shape index (κ1) is 8.62. The van der Waals surface area contributed by atoms with E-state index < -0.39 is 0 Å². The second-order valence-electron chi connectivity index (χ2n) is 1.89. The Kier molecular flexibility index (Phi) is 3.46. The minimum atomic E-state index is 0.377. The van der Waals surface area contributed by atoms with Crippen molar-refractivity contribution < 1.29 is 4.79 Å².